The molecule has 0 saturated heterocycles. The first-order chi connectivity index (χ1) is 11.7. The van der Waals surface area contributed by atoms with E-state index >= 15 is 0 Å². The first-order valence-corrected chi connectivity index (χ1v) is 8.12. The lowest BCUT2D eigenvalue weighted by Gasteiger charge is -2.02. The second-order valence-electron chi connectivity index (χ2n) is 4.71. The average Bonchev–Trinajstić information content (AvgIpc) is 3.28. The number of aromatic amines is 1. The van der Waals surface area contributed by atoms with Crippen molar-refractivity contribution in [1.29, 1.82) is 0 Å². The van der Waals surface area contributed by atoms with E-state index in [-0.39, 0.29) is 5.76 Å². The van der Waals surface area contributed by atoms with Gasteiger partial charge in [-0.3, -0.25) is 5.10 Å². The number of H-pyrrole nitrogens is 1. The van der Waals surface area contributed by atoms with E-state index in [1.165, 1.54) is 18.9 Å². The van der Waals surface area contributed by atoms with Crippen LogP contribution in [0.1, 0.15) is 22.1 Å². The van der Waals surface area contributed by atoms with Crippen molar-refractivity contribution in [2.45, 2.75) is 17.5 Å². The summed E-state index contributed by atoms with van der Waals surface area (Å²) in [5.74, 6) is 2.25. The summed E-state index contributed by atoms with van der Waals surface area (Å²) in [5.41, 5.74) is 0. The number of rotatable bonds is 7. The van der Waals surface area contributed by atoms with Gasteiger partial charge in [-0.1, -0.05) is 30.0 Å². The van der Waals surface area contributed by atoms with E-state index in [1.54, 1.807) is 12.1 Å². The van der Waals surface area contributed by atoms with E-state index in [4.69, 9.17) is 9.15 Å². The Morgan fingerprint density at radius 3 is 2.88 bits per heavy atom. The molecule has 7 nitrogen and oxygen atoms in total. The van der Waals surface area contributed by atoms with Crippen LogP contribution < -0.4 is 4.74 Å². The average molecular weight is 345 g/mol. The molecule has 124 valence electrons. The highest BCUT2D eigenvalue weighted by Gasteiger charge is 2.12. The predicted molar refractivity (Wildman–Crippen MR) is 86.8 cm³/mol. The van der Waals surface area contributed by atoms with Crippen LogP contribution >= 0.6 is 11.8 Å². The maximum Gasteiger partial charge on any atom is 0.373 e. The molecule has 0 atom stereocenters. The lowest BCUT2D eigenvalue weighted by molar-refractivity contribution is 0.0563. The molecule has 0 spiro atoms. The molecule has 0 unspecified atom stereocenters. The molecule has 3 rings (SSSR count). The molecule has 8 heteroatoms. The lowest BCUT2D eigenvalue weighted by atomic mass is 10.3. The third kappa shape index (κ3) is 4.17. The number of aromatic nitrogens is 3. The topological polar surface area (TPSA) is 90.2 Å². The van der Waals surface area contributed by atoms with E-state index in [0.29, 0.717) is 29.1 Å². The first kappa shape index (κ1) is 16.1. The number of nitrogens with zero attached hydrogens (tertiary/aromatic N) is 2. The minimum Gasteiger partial charge on any atom is -0.486 e. The van der Waals surface area contributed by atoms with E-state index in [0.717, 1.165) is 5.75 Å². The van der Waals surface area contributed by atoms with Crippen LogP contribution in [0.25, 0.3) is 0 Å². The summed E-state index contributed by atoms with van der Waals surface area (Å²) in [6, 6.07) is 12.8. The van der Waals surface area contributed by atoms with Crippen LogP contribution in [0.15, 0.2) is 52.0 Å². The summed E-state index contributed by atoms with van der Waals surface area (Å²) in [5, 5.41) is 7.53. The van der Waals surface area contributed by atoms with Crippen molar-refractivity contribution in [2.24, 2.45) is 0 Å². The van der Waals surface area contributed by atoms with Crippen LogP contribution in [-0.2, 0) is 17.1 Å². The van der Waals surface area contributed by atoms with Crippen molar-refractivity contribution >= 4 is 17.7 Å². The van der Waals surface area contributed by atoms with Gasteiger partial charge in [0.1, 0.15) is 18.1 Å². The van der Waals surface area contributed by atoms with Crippen LogP contribution in [0.2, 0.25) is 0 Å². The van der Waals surface area contributed by atoms with Gasteiger partial charge in [-0.25, -0.2) is 9.78 Å². The van der Waals surface area contributed by atoms with Gasteiger partial charge in [-0.2, -0.15) is 0 Å². The van der Waals surface area contributed by atoms with Gasteiger partial charge in [-0.05, 0) is 24.3 Å². The Labute approximate surface area is 142 Å². The van der Waals surface area contributed by atoms with Gasteiger partial charge in [0.15, 0.2) is 5.82 Å². The van der Waals surface area contributed by atoms with Gasteiger partial charge >= 0.3 is 5.97 Å². The molecule has 0 bridgehead atoms. The zero-order valence-electron chi connectivity index (χ0n) is 12.9. The Bertz CT molecular complexity index is 801. The van der Waals surface area contributed by atoms with Gasteiger partial charge in [0.05, 0.1) is 12.9 Å². The van der Waals surface area contributed by atoms with Gasteiger partial charge in [-0.15, -0.1) is 5.10 Å². The van der Waals surface area contributed by atoms with Gasteiger partial charge in [0, 0.05) is 0 Å². The first-order valence-electron chi connectivity index (χ1n) is 7.13. The second kappa shape index (κ2) is 7.69. The molecule has 0 fully saturated rings. The maximum absolute atomic E-state index is 11.3. The number of thioether (sulfide) groups is 1. The number of methoxy groups -OCH3 is 1. The third-order valence-electron chi connectivity index (χ3n) is 3.02. The van der Waals surface area contributed by atoms with Crippen LogP contribution in [0.3, 0.4) is 0 Å². The summed E-state index contributed by atoms with van der Waals surface area (Å²) in [7, 11) is 1.31. The van der Waals surface area contributed by atoms with Crippen molar-refractivity contribution < 1.29 is 18.7 Å². The van der Waals surface area contributed by atoms with E-state index < -0.39 is 5.97 Å². The van der Waals surface area contributed by atoms with E-state index in [1.807, 2.05) is 30.3 Å². The van der Waals surface area contributed by atoms with Crippen LogP contribution in [0.4, 0.5) is 0 Å². The van der Waals surface area contributed by atoms with Crippen molar-refractivity contribution in [3.05, 3.63) is 59.8 Å². The number of carbonyl (C=O) groups excluding carboxylic acids is 1. The Kier molecular flexibility index (Phi) is 5.17. The van der Waals surface area contributed by atoms with Crippen molar-refractivity contribution in [3.8, 4) is 5.75 Å². The number of benzene rings is 1. The standard InChI is InChI=1S/C16H15N3O4S/c1-21-15(20)13-8-7-12(23-13)10-24-16-17-14(18-19-16)9-22-11-5-3-2-4-6-11/h2-8H,9-10H2,1H3,(H,17,18,19). The molecular weight excluding hydrogens is 330 g/mol. The minimum absolute atomic E-state index is 0.181. The highest BCUT2D eigenvalue weighted by atomic mass is 32.2. The lowest BCUT2D eigenvalue weighted by Crippen LogP contribution is -1.98. The zero-order chi connectivity index (χ0) is 16.8. The van der Waals surface area contributed by atoms with Crippen molar-refractivity contribution in [3.63, 3.8) is 0 Å². The maximum atomic E-state index is 11.3. The smallest absolute Gasteiger partial charge is 0.373 e. The number of hydrogen-bond donors (Lipinski definition) is 1. The molecule has 1 N–H and O–H groups in total. The second-order valence-corrected chi connectivity index (χ2v) is 5.66. The molecule has 3 aromatic rings. The highest BCUT2D eigenvalue weighted by molar-refractivity contribution is 7.98. The normalized spacial score (nSPS) is 10.5. The van der Waals surface area contributed by atoms with E-state index in [9.17, 15) is 4.79 Å². The third-order valence-corrected chi connectivity index (χ3v) is 3.89. The van der Waals surface area contributed by atoms with Gasteiger partial charge < -0.3 is 13.9 Å². The quantitative estimate of drug-likeness (QED) is 0.520. The number of furan rings is 1. The molecule has 0 aliphatic carbocycles. The predicted octanol–water partition coefficient (Wildman–Crippen LogP) is 3.06. The number of nitrogens with one attached hydrogen (secondary N) is 1. The number of para-hydroxylation sites is 1. The number of esters is 1. The Morgan fingerprint density at radius 2 is 2.08 bits per heavy atom. The SMILES string of the molecule is COC(=O)c1ccc(CSc2n[nH]c(COc3ccccc3)n2)o1. The highest BCUT2D eigenvalue weighted by Crippen LogP contribution is 2.21. The Balaban J connectivity index is 1.51. The summed E-state index contributed by atoms with van der Waals surface area (Å²) in [6.07, 6.45) is 0. The van der Waals surface area contributed by atoms with E-state index in [2.05, 4.69) is 19.9 Å². The molecular formula is C16H15N3O4S. The summed E-state index contributed by atoms with van der Waals surface area (Å²) in [6.45, 7) is 0.310. The number of ether oxygens (including phenoxy) is 2. The molecule has 0 amide bonds. The van der Waals surface area contributed by atoms with Crippen LogP contribution in [0.5, 0.6) is 5.75 Å². The van der Waals surface area contributed by atoms with Crippen LogP contribution in [0, 0.1) is 0 Å². The molecule has 2 heterocycles. The van der Waals surface area contributed by atoms with Gasteiger partial charge in [0.2, 0.25) is 10.9 Å². The monoisotopic (exact) mass is 345 g/mol. The number of hydrogen-bond acceptors (Lipinski definition) is 7. The molecule has 0 radical (unpaired) electrons. The fourth-order valence-electron chi connectivity index (χ4n) is 1.88. The zero-order valence-corrected chi connectivity index (χ0v) is 13.7. The largest absolute Gasteiger partial charge is 0.486 e. The molecule has 24 heavy (non-hydrogen) atoms. The fraction of sp³-hybridized carbons (Fsp3) is 0.188. The molecule has 0 saturated carbocycles. The summed E-state index contributed by atoms with van der Waals surface area (Å²) in [4.78, 5) is 15.7. The summed E-state index contributed by atoms with van der Waals surface area (Å²) < 4.78 is 15.6. The molecule has 0 aliphatic rings. The minimum atomic E-state index is -0.496. The van der Waals surface area contributed by atoms with Crippen molar-refractivity contribution in [2.75, 3.05) is 7.11 Å². The summed E-state index contributed by atoms with van der Waals surface area (Å²) >= 11 is 1.39. The fourth-order valence-corrected chi connectivity index (χ4v) is 2.59. The van der Waals surface area contributed by atoms with Crippen molar-refractivity contribution in [1.82, 2.24) is 15.2 Å². The van der Waals surface area contributed by atoms with Crippen LogP contribution in [-0.4, -0.2) is 28.3 Å². The Hall–Kier alpha value is -2.74. The molecule has 2 aromatic heterocycles. The Morgan fingerprint density at radius 1 is 1.25 bits per heavy atom. The molecule has 1 aromatic carbocycles. The number of carbonyl (C=O) groups is 1. The van der Waals surface area contributed by atoms with Gasteiger partial charge in [0.25, 0.3) is 0 Å². The molecule has 0 aliphatic heterocycles.